The number of anilines is 1. The summed E-state index contributed by atoms with van der Waals surface area (Å²) in [6.45, 7) is 5.36. The van der Waals surface area contributed by atoms with Gasteiger partial charge in [-0.15, -0.1) is 0 Å². The van der Waals surface area contributed by atoms with E-state index < -0.39 is 11.9 Å². The van der Waals surface area contributed by atoms with E-state index in [0.717, 1.165) is 5.75 Å². The van der Waals surface area contributed by atoms with Crippen LogP contribution in [0.4, 0.5) is 5.69 Å². The van der Waals surface area contributed by atoms with Crippen molar-refractivity contribution in [3.8, 4) is 17.6 Å². The van der Waals surface area contributed by atoms with Gasteiger partial charge >= 0.3 is 5.97 Å². The standard InChI is InChI=1S/C31H26ClN3O4S/c1-3-17-38-31(37)28-20(2)34-30(26(18-33)29(28)21-9-11-22(32)12-10-21)40-19-27(36)35-23-13-15-25(16-14-23)39-24-7-5-4-6-8-24/h3-16,29,34H,1,17,19H2,2H3,(H,35,36)/t29-/m1/s1. The van der Waals surface area contributed by atoms with E-state index in [1.807, 2.05) is 30.3 Å². The summed E-state index contributed by atoms with van der Waals surface area (Å²) < 4.78 is 11.1. The lowest BCUT2D eigenvalue weighted by molar-refractivity contribution is -0.138. The molecule has 202 valence electrons. The van der Waals surface area contributed by atoms with Crippen molar-refractivity contribution in [2.45, 2.75) is 12.8 Å². The molecule has 1 heterocycles. The van der Waals surface area contributed by atoms with E-state index >= 15 is 0 Å². The molecule has 0 aliphatic carbocycles. The van der Waals surface area contributed by atoms with Gasteiger partial charge < -0.3 is 20.1 Å². The summed E-state index contributed by atoms with van der Waals surface area (Å²) in [5.41, 5.74) is 2.46. The summed E-state index contributed by atoms with van der Waals surface area (Å²) in [4.78, 5) is 25.8. The lowest BCUT2D eigenvalue weighted by atomic mass is 9.82. The predicted octanol–water partition coefficient (Wildman–Crippen LogP) is 6.93. The number of halogens is 1. The Morgan fingerprint density at radius 3 is 2.40 bits per heavy atom. The molecule has 0 saturated carbocycles. The van der Waals surface area contributed by atoms with E-state index in [2.05, 4.69) is 23.3 Å². The fourth-order valence-electron chi connectivity index (χ4n) is 4.06. The zero-order valence-corrected chi connectivity index (χ0v) is 23.2. The molecule has 1 aliphatic rings. The highest BCUT2D eigenvalue weighted by Gasteiger charge is 2.35. The molecule has 0 saturated heterocycles. The van der Waals surface area contributed by atoms with Gasteiger partial charge in [-0.3, -0.25) is 4.79 Å². The smallest absolute Gasteiger partial charge is 0.337 e. The number of carbonyl (C=O) groups excluding carboxylic acids is 2. The van der Waals surface area contributed by atoms with E-state index in [0.29, 0.717) is 43.9 Å². The van der Waals surface area contributed by atoms with Crippen molar-refractivity contribution >= 4 is 40.9 Å². The highest BCUT2D eigenvalue weighted by molar-refractivity contribution is 8.03. The Hall–Kier alpha value is -4.45. The summed E-state index contributed by atoms with van der Waals surface area (Å²) in [7, 11) is 0. The Morgan fingerprint density at radius 2 is 1.75 bits per heavy atom. The van der Waals surface area contributed by atoms with Gasteiger partial charge in [-0.2, -0.15) is 5.26 Å². The number of esters is 1. The number of thioether (sulfide) groups is 1. The first-order chi connectivity index (χ1) is 19.4. The first kappa shape index (κ1) is 28.6. The average Bonchev–Trinajstić information content (AvgIpc) is 2.96. The number of dihydropyridines is 1. The number of para-hydroxylation sites is 1. The van der Waals surface area contributed by atoms with Crippen LogP contribution in [-0.4, -0.2) is 24.2 Å². The van der Waals surface area contributed by atoms with Crippen molar-refractivity contribution in [2.75, 3.05) is 17.7 Å². The largest absolute Gasteiger partial charge is 0.458 e. The molecule has 4 rings (SSSR count). The molecular formula is C31H26ClN3O4S. The molecule has 9 heteroatoms. The number of allylic oxidation sites excluding steroid dienone is 2. The number of amides is 1. The van der Waals surface area contributed by atoms with Gasteiger partial charge in [0, 0.05) is 16.4 Å². The molecule has 0 aromatic heterocycles. The number of benzene rings is 3. The SMILES string of the molecule is C=CCOC(=O)C1=C(C)NC(SCC(=O)Nc2ccc(Oc3ccccc3)cc2)=C(C#N)[C@H]1c1ccc(Cl)cc1. The minimum atomic E-state index is -0.691. The van der Waals surface area contributed by atoms with E-state index in [9.17, 15) is 14.9 Å². The number of nitrogens with one attached hydrogen (secondary N) is 2. The van der Waals surface area contributed by atoms with Crippen molar-refractivity contribution in [2.24, 2.45) is 0 Å². The highest BCUT2D eigenvalue weighted by Crippen LogP contribution is 2.41. The van der Waals surface area contributed by atoms with E-state index in [-0.39, 0.29) is 18.3 Å². The first-order valence-corrected chi connectivity index (χ1v) is 13.7. The van der Waals surface area contributed by atoms with Gasteiger partial charge in [0.25, 0.3) is 0 Å². The zero-order valence-electron chi connectivity index (χ0n) is 21.6. The Labute approximate surface area is 242 Å². The highest BCUT2D eigenvalue weighted by atomic mass is 35.5. The number of nitriles is 1. The van der Waals surface area contributed by atoms with Crippen LogP contribution < -0.4 is 15.4 Å². The maximum Gasteiger partial charge on any atom is 0.337 e. The number of rotatable bonds is 10. The molecule has 7 nitrogen and oxygen atoms in total. The Kier molecular flexibility index (Phi) is 9.68. The molecule has 0 fully saturated rings. The monoisotopic (exact) mass is 571 g/mol. The third-order valence-electron chi connectivity index (χ3n) is 5.87. The Balaban J connectivity index is 1.48. The van der Waals surface area contributed by atoms with Crippen LogP contribution in [0.1, 0.15) is 18.4 Å². The molecule has 0 unspecified atom stereocenters. The molecule has 2 N–H and O–H groups in total. The summed E-state index contributed by atoms with van der Waals surface area (Å²) in [5, 5.41) is 17.2. The molecule has 0 radical (unpaired) electrons. The normalized spacial score (nSPS) is 14.6. The number of ether oxygens (including phenoxy) is 2. The van der Waals surface area contributed by atoms with Crippen LogP contribution in [0.5, 0.6) is 11.5 Å². The summed E-state index contributed by atoms with van der Waals surface area (Å²) in [6, 6.07) is 25.6. The molecular weight excluding hydrogens is 546 g/mol. The molecule has 1 aliphatic heterocycles. The van der Waals surface area contributed by atoms with Gasteiger partial charge in [-0.05, 0) is 61.0 Å². The van der Waals surface area contributed by atoms with Crippen molar-refractivity contribution in [1.29, 1.82) is 5.26 Å². The van der Waals surface area contributed by atoms with Gasteiger partial charge in [0.1, 0.15) is 18.1 Å². The van der Waals surface area contributed by atoms with Gasteiger partial charge in [0.15, 0.2) is 0 Å². The lowest BCUT2D eigenvalue weighted by Crippen LogP contribution is -2.29. The number of hydrogen-bond donors (Lipinski definition) is 2. The molecule has 1 atom stereocenters. The van der Waals surface area contributed by atoms with Crippen molar-refractivity contribution in [3.63, 3.8) is 0 Å². The topological polar surface area (TPSA) is 100 Å². The summed E-state index contributed by atoms with van der Waals surface area (Å²) in [6.07, 6.45) is 1.48. The molecule has 1 amide bonds. The van der Waals surface area contributed by atoms with Crippen molar-refractivity contribution in [1.82, 2.24) is 5.32 Å². The third-order valence-corrected chi connectivity index (χ3v) is 7.14. The van der Waals surface area contributed by atoms with Crippen LogP contribution >= 0.6 is 23.4 Å². The quantitative estimate of drug-likeness (QED) is 0.201. The van der Waals surface area contributed by atoms with E-state index in [1.54, 1.807) is 55.5 Å². The maximum absolute atomic E-state index is 13.0. The van der Waals surface area contributed by atoms with Gasteiger partial charge in [-0.25, -0.2) is 4.79 Å². The average molecular weight is 572 g/mol. The number of hydrogen-bond acceptors (Lipinski definition) is 7. The van der Waals surface area contributed by atoms with Gasteiger partial charge in [-0.1, -0.05) is 66.3 Å². The maximum atomic E-state index is 13.0. The van der Waals surface area contributed by atoms with Crippen LogP contribution in [0.3, 0.4) is 0 Å². The molecule has 3 aromatic carbocycles. The van der Waals surface area contributed by atoms with Crippen LogP contribution in [0.25, 0.3) is 0 Å². The minimum Gasteiger partial charge on any atom is -0.458 e. The zero-order chi connectivity index (χ0) is 28.5. The lowest BCUT2D eigenvalue weighted by Gasteiger charge is -2.29. The van der Waals surface area contributed by atoms with Crippen molar-refractivity contribution in [3.05, 3.63) is 124 Å². The third kappa shape index (κ3) is 7.14. The second kappa shape index (κ2) is 13.6. The van der Waals surface area contributed by atoms with Crippen LogP contribution in [-0.2, 0) is 14.3 Å². The van der Waals surface area contributed by atoms with Crippen molar-refractivity contribution < 1.29 is 19.1 Å². The number of carbonyl (C=O) groups is 2. The molecule has 0 spiro atoms. The Bertz CT molecular complexity index is 1490. The van der Waals surface area contributed by atoms with E-state index in [4.69, 9.17) is 21.1 Å². The second-order valence-electron chi connectivity index (χ2n) is 8.67. The summed E-state index contributed by atoms with van der Waals surface area (Å²) in [5.74, 6) is -0.105. The number of nitrogens with zero attached hydrogens (tertiary/aromatic N) is 1. The second-order valence-corrected chi connectivity index (χ2v) is 10.1. The Morgan fingerprint density at radius 1 is 1.07 bits per heavy atom. The minimum absolute atomic E-state index is 0.0344. The van der Waals surface area contributed by atoms with Gasteiger partial charge in [0.2, 0.25) is 5.91 Å². The summed E-state index contributed by atoms with van der Waals surface area (Å²) >= 11 is 7.26. The fraction of sp³-hybridized carbons (Fsp3) is 0.129. The molecule has 0 bridgehead atoms. The predicted molar refractivity (Wildman–Crippen MR) is 158 cm³/mol. The van der Waals surface area contributed by atoms with Gasteiger partial charge in [0.05, 0.1) is 33.9 Å². The molecule has 40 heavy (non-hydrogen) atoms. The van der Waals surface area contributed by atoms with Crippen LogP contribution in [0, 0.1) is 11.3 Å². The fourth-order valence-corrected chi connectivity index (χ4v) is 5.08. The van der Waals surface area contributed by atoms with Crippen LogP contribution in [0.2, 0.25) is 5.02 Å². The molecule has 3 aromatic rings. The first-order valence-electron chi connectivity index (χ1n) is 12.3. The van der Waals surface area contributed by atoms with E-state index in [1.165, 1.54) is 17.8 Å². The van der Waals surface area contributed by atoms with Crippen LogP contribution in [0.15, 0.2) is 113 Å².